The summed E-state index contributed by atoms with van der Waals surface area (Å²) in [4.78, 5) is 23.7. The van der Waals surface area contributed by atoms with Gasteiger partial charge in [0.05, 0.1) is 5.01 Å². The Balaban J connectivity index is 1.60. The molecular formula is C17H19N5OS. The molecule has 1 aliphatic heterocycles. The molecule has 6 nitrogen and oxygen atoms in total. The molecule has 1 atom stereocenters. The number of amides is 1. The number of aromatic nitrogens is 4. The molecule has 0 aromatic carbocycles. The van der Waals surface area contributed by atoms with E-state index in [1.807, 2.05) is 36.4 Å². The number of fused-ring (bicyclic) bond motifs is 1. The van der Waals surface area contributed by atoms with Crippen LogP contribution in [-0.4, -0.2) is 43.5 Å². The number of hydrogen-bond donors (Lipinski definition) is 0. The largest absolute Gasteiger partial charge is 0.337 e. The van der Waals surface area contributed by atoms with E-state index in [0.717, 1.165) is 41.4 Å². The van der Waals surface area contributed by atoms with E-state index in [0.29, 0.717) is 18.2 Å². The summed E-state index contributed by atoms with van der Waals surface area (Å²) in [6.45, 7) is 5.42. The van der Waals surface area contributed by atoms with Crippen LogP contribution in [0.15, 0.2) is 23.7 Å². The van der Waals surface area contributed by atoms with Crippen LogP contribution in [0.25, 0.3) is 5.65 Å². The average Bonchev–Trinajstić information content (AvgIpc) is 3.24. The van der Waals surface area contributed by atoms with Crippen LogP contribution in [0.2, 0.25) is 0 Å². The maximum atomic E-state index is 12.9. The van der Waals surface area contributed by atoms with Crippen LogP contribution in [0.1, 0.15) is 45.6 Å². The number of hydrogen-bond acceptors (Lipinski definition) is 5. The van der Waals surface area contributed by atoms with Crippen molar-refractivity contribution >= 4 is 22.9 Å². The normalized spacial score (nSPS) is 18.2. The molecule has 1 fully saturated rings. The Morgan fingerprint density at radius 3 is 3.00 bits per heavy atom. The van der Waals surface area contributed by atoms with Gasteiger partial charge in [-0.3, -0.25) is 4.79 Å². The number of likely N-dealkylation sites (tertiary alicyclic amines) is 1. The second-order valence-corrected chi connectivity index (χ2v) is 7.23. The van der Waals surface area contributed by atoms with Gasteiger partial charge in [-0.15, -0.1) is 11.3 Å². The third kappa shape index (κ3) is 2.69. The first-order valence-corrected chi connectivity index (χ1v) is 9.02. The Kier molecular flexibility index (Phi) is 3.80. The van der Waals surface area contributed by atoms with Gasteiger partial charge < -0.3 is 4.90 Å². The molecule has 0 spiro atoms. The predicted molar refractivity (Wildman–Crippen MR) is 92.5 cm³/mol. The minimum atomic E-state index is -0.0150. The Morgan fingerprint density at radius 2 is 2.21 bits per heavy atom. The molecule has 0 N–H and O–H groups in total. The van der Waals surface area contributed by atoms with Crippen molar-refractivity contribution in [3.63, 3.8) is 0 Å². The van der Waals surface area contributed by atoms with E-state index in [1.54, 1.807) is 21.9 Å². The van der Waals surface area contributed by atoms with Crippen molar-refractivity contribution in [2.75, 3.05) is 13.1 Å². The van der Waals surface area contributed by atoms with Crippen molar-refractivity contribution in [2.24, 2.45) is 0 Å². The molecule has 3 aromatic heterocycles. The van der Waals surface area contributed by atoms with Crippen LogP contribution in [0.4, 0.5) is 0 Å². The van der Waals surface area contributed by atoms with Crippen LogP contribution in [0.3, 0.4) is 0 Å². The van der Waals surface area contributed by atoms with Crippen molar-refractivity contribution in [1.29, 1.82) is 0 Å². The van der Waals surface area contributed by atoms with Crippen LogP contribution in [0, 0.1) is 13.8 Å². The number of thiazole rings is 1. The highest BCUT2D eigenvalue weighted by Gasteiger charge is 2.28. The summed E-state index contributed by atoms with van der Waals surface area (Å²) in [5.74, 6) is 0.320. The first-order valence-electron chi connectivity index (χ1n) is 8.14. The number of nitrogens with zero attached hydrogens (tertiary/aromatic N) is 5. The molecule has 4 heterocycles. The summed E-state index contributed by atoms with van der Waals surface area (Å²) in [6, 6.07) is 3.75. The van der Waals surface area contributed by atoms with Gasteiger partial charge in [0, 0.05) is 48.0 Å². The summed E-state index contributed by atoms with van der Waals surface area (Å²) in [5.41, 5.74) is 3.11. The fourth-order valence-electron chi connectivity index (χ4n) is 3.35. The topological polar surface area (TPSA) is 63.4 Å². The Hall–Kier alpha value is -2.28. The van der Waals surface area contributed by atoms with Crippen LogP contribution in [0.5, 0.6) is 0 Å². The Bertz CT molecular complexity index is 886. The molecule has 124 valence electrons. The van der Waals surface area contributed by atoms with Crippen LogP contribution >= 0.6 is 11.3 Å². The molecule has 1 amide bonds. The van der Waals surface area contributed by atoms with Crippen LogP contribution in [-0.2, 0) is 0 Å². The molecule has 24 heavy (non-hydrogen) atoms. The molecule has 0 bridgehead atoms. The first-order chi connectivity index (χ1) is 11.6. The van der Waals surface area contributed by atoms with E-state index in [2.05, 4.69) is 15.1 Å². The highest BCUT2D eigenvalue weighted by molar-refractivity contribution is 7.09. The Morgan fingerprint density at radius 1 is 1.33 bits per heavy atom. The lowest BCUT2D eigenvalue weighted by molar-refractivity contribution is 0.0700. The van der Waals surface area contributed by atoms with Gasteiger partial charge in [-0.05, 0) is 32.8 Å². The molecule has 0 aliphatic carbocycles. The second-order valence-electron chi connectivity index (χ2n) is 6.30. The molecule has 0 saturated carbocycles. The van der Waals surface area contributed by atoms with E-state index in [9.17, 15) is 4.79 Å². The first kappa shape index (κ1) is 15.3. The molecule has 0 radical (unpaired) electrons. The smallest absolute Gasteiger partial charge is 0.274 e. The molecule has 4 rings (SSSR count). The summed E-state index contributed by atoms with van der Waals surface area (Å²) >= 11 is 1.67. The van der Waals surface area contributed by atoms with Crippen molar-refractivity contribution < 1.29 is 4.79 Å². The van der Waals surface area contributed by atoms with Gasteiger partial charge in [-0.2, -0.15) is 5.10 Å². The van der Waals surface area contributed by atoms with Gasteiger partial charge in [0.25, 0.3) is 5.91 Å². The number of aryl methyl sites for hydroxylation is 2. The van der Waals surface area contributed by atoms with Gasteiger partial charge in [0.1, 0.15) is 0 Å². The fraction of sp³-hybridized carbons (Fsp3) is 0.412. The minimum Gasteiger partial charge on any atom is -0.337 e. The highest BCUT2D eigenvalue weighted by atomic mass is 32.1. The van der Waals surface area contributed by atoms with E-state index in [-0.39, 0.29) is 5.91 Å². The van der Waals surface area contributed by atoms with Crippen molar-refractivity contribution in [2.45, 2.75) is 32.6 Å². The zero-order chi connectivity index (χ0) is 16.7. The number of piperidine rings is 1. The van der Waals surface area contributed by atoms with E-state index in [1.165, 1.54) is 0 Å². The quantitative estimate of drug-likeness (QED) is 0.719. The lowest BCUT2D eigenvalue weighted by Crippen LogP contribution is -2.39. The summed E-state index contributed by atoms with van der Waals surface area (Å²) in [7, 11) is 0. The third-order valence-corrected chi connectivity index (χ3v) is 5.40. The van der Waals surface area contributed by atoms with Crippen LogP contribution < -0.4 is 0 Å². The van der Waals surface area contributed by atoms with Gasteiger partial charge in [0.15, 0.2) is 11.3 Å². The maximum absolute atomic E-state index is 12.9. The number of rotatable bonds is 2. The van der Waals surface area contributed by atoms with Crippen molar-refractivity contribution in [1.82, 2.24) is 24.5 Å². The van der Waals surface area contributed by atoms with Gasteiger partial charge in [-0.25, -0.2) is 14.5 Å². The van der Waals surface area contributed by atoms with Gasteiger partial charge in [0.2, 0.25) is 0 Å². The molecule has 1 saturated heterocycles. The average molecular weight is 341 g/mol. The SMILES string of the molecule is Cc1cc(C)n2nc(C(=O)N3CCC[C@@H](c4nccs4)C3)cc2n1. The second kappa shape index (κ2) is 5.98. The molecular weight excluding hydrogens is 322 g/mol. The summed E-state index contributed by atoms with van der Waals surface area (Å²) in [6.07, 6.45) is 3.92. The zero-order valence-corrected chi connectivity index (χ0v) is 14.6. The summed E-state index contributed by atoms with van der Waals surface area (Å²) in [5, 5.41) is 7.58. The van der Waals surface area contributed by atoms with Gasteiger partial charge in [-0.1, -0.05) is 0 Å². The molecule has 7 heteroatoms. The fourth-order valence-corrected chi connectivity index (χ4v) is 4.12. The minimum absolute atomic E-state index is 0.0150. The van der Waals surface area contributed by atoms with E-state index >= 15 is 0 Å². The summed E-state index contributed by atoms with van der Waals surface area (Å²) < 4.78 is 1.74. The molecule has 1 aliphatic rings. The molecule has 0 unspecified atom stereocenters. The third-order valence-electron chi connectivity index (χ3n) is 4.46. The highest BCUT2D eigenvalue weighted by Crippen LogP contribution is 2.28. The predicted octanol–water partition coefficient (Wildman–Crippen LogP) is 2.82. The molecule has 3 aromatic rings. The van der Waals surface area contributed by atoms with E-state index in [4.69, 9.17) is 0 Å². The lowest BCUT2D eigenvalue weighted by Gasteiger charge is -2.31. The Labute approximate surface area is 144 Å². The number of carbonyl (C=O) groups is 1. The van der Waals surface area contributed by atoms with Crippen molar-refractivity contribution in [3.8, 4) is 0 Å². The maximum Gasteiger partial charge on any atom is 0.274 e. The zero-order valence-electron chi connectivity index (χ0n) is 13.8. The standard InChI is InChI=1S/C17H19N5OS/c1-11-8-12(2)22-15(19-11)9-14(20-22)17(23)21-6-3-4-13(10-21)16-18-5-7-24-16/h5,7-9,13H,3-4,6,10H2,1-2H3/t13-/m1/s1. The lowest BCUT2D eigenvalue weighted by atomic mass is 9.98. The van der Waals surface area contributed by atoms with Gasteiger partial charge >= 0.3 is 0 Å². The monoisotopic (exact) mass is 341 g/mol. The van der Waals surface area contributed by atoms with Crippen molar-refractivity contribution in [3.05, 3.63) is 45.8 Å². The number of carbonyl (C=O) groups excluding carboxylic acids is 1. The van der Waals surface area contributed by atoms with E-state index < -0.39 is 0 Å².